The number of nitrogens with zero attached hydrogens (tertiary/aromatic N) is 5. The van der Waals surface area contributed by atoms with Crippen molar-refractivity contribution in [3.05, 3.63) is 118 Å². The average Bonchev–Trinajstić information content (AvgIpc) is 3.92. The maximum Gasteiger partial charge on any atom is 0.411 e. The maximum absolute atomic E-state index is 12.8. The lowest BCUT2D eigenvalue weighted by molar-refractivity contribution is -0.132. The van der Waals surface area contributed by atoms with Crippen LogP contribution in [0.4, 0.5) is 21.0 Å². The number of anilines is 2. The highest BCUT2D eigenvalue weighted by molar-refractivity contribution is 6.32. The number of carbonyl (C=O) groups excluding carboxylic acids is 4. The zero-order chi connectivity index (χ0) is 43.3. The summed E-state index contributed by atoms with van der Waals surface area (Å²) in [5.41, 5.74) is 4.04. The predicted octanol–water partition coefficient (Wildman–Crippen LogP) is 6.89. The molecule has 8 rings (SSSR count). The zero-order valence-corrected chi connectivity index (χ0v) is 36.3. The van der Waals surface area contributed by atoms with Gasteiger partial charge >= 0.3 is 12.2 Å². The topological polar surface area (TPSA) is 133 Å². The first kappa shape index (κ1) is 45.0. The average molecular weight is 896 g/mol. The minimum absolute atomic E-state index is 0.00463. The van der Waals surface area contributed by atoms with Crippen LogP contribution < -0.4 is 24.6 Å². The van der Waals surface area contributed by atoms with E-state index in [2.05, 4.69) is 15.1 Å². The van der Waals surface area contributed by atoms with E-state index in [-0.39, 0.29) is 42.5 Å². The summed E-state index contributed by atoms with van der Waals surface area (Å²) < 4.78 is 20.9. The molecule has 4 aliphatic heterocycles. The number of hydrogen-bond donors (Lipinski definition) is 1. The third kappa shape index (κ3) is 12.1. The Morgan fingerprint density at radius 2 is 1.13 bits per heavy atom. The molecule has 324 valence electrons. The first-order chi connectivity index (χ1) is 29.6. The van der Waals surface area contributed by atoms with Crippen LogP contribution in [0.2, 0.25) is 10.0 Å². The fraction of sp³-hybridized carbons (Fsp3) is 0.364. The highest BCUT2D eigenvalue weighted by Crippen LogP contribution is 2.32. The third-order valence-corrected chi connectivity index (χ3v) is 11.5. The Hall–Kier alpha value is -5.57. The van der Waals surface area contributed by atoms with Gasteiger partial charge in [0.2, 0.25) is 11.8 Å². The number of alkyl halides is 1. The number of amides is 4. The Balaban J connectivity index is 0.000000170. The van der Waals surface area contributed by atoms with Crippen molar-refractivity contribution in [2.24, 2.45) is 0 Å². The molecule has 17 heteroatoms. The number of benzene rings is 4. The van der Waals surface area contributed by atoms with Crippen molar-refractivity contribution in [3.8, 4) is 11.5 Å². The van der Waals surface area contributed by atoms with Crippen molar-refractivity contribution in [2.45, 2.75) is 12.2 Å². The molecule has 0 aliphatic carbocycles. The van der Waals surface area contributed by atoms with E-state index in [1.807, 2.05) is 97.1 Å². The van der Waals surface area contributed by atoms with Crippen molar-refractivity contribution < 1.29 is 38.1 Å². The Kier molecular flexibility index (Phi) is 16.1. The van der Waals surface area contributed by atoms with Crippen LogP contribution in [0.5, 0.6) is 11.5 Å². The van der Waals surface area contributed by atoms with Gasteiger partial charge in [0.15, 0.2) is 0 Å². The summed E-state index contributed by atoms with van der Waals surface area (Å²) in [7, 11) is 3.19. The molecule has 4 aliphatic rings. The quantitative estimate of drug-likeness (QED) is 0.177. The van der Waals surface area contributed by atoms with E-state index in [0.29, 0.717) is 73.9 Å². The van der Waals surface area contributed by atoms with Gasteiger partial charge in [-0.3, -0.25) is 14.5 Å². The lowest BCUT2D eigenvalue weighted by Crippen LogP contribution is -2.51. The third-order valence-electron chi connectivity index (χ3n) is 10.6. The van der Waals surface area contributed by atoms with E-state index in [1.165, 1.54) is 4.90 Å². The van der Waals surface area contributed by atoms with E-state index in [1.54, 1.807) is 24.0 Å². The number of cyclic esters (lactones) is 2. The molecule has 0 radical (unpaired) electrons. The Morgan fingerprint density at radius 3 is 1.57 bits per heavy atom. The summed E-state index contributed by atoms with van der Waals surface area (Å²) >= 11 is 17.7. The van der Waals surface area contributed by atoms with Crippen molar-refractivity contribution in [1.29, 1.82) is 0 Å². The smallest absolute Gasteiger partial charge is 0.411 e. The standard InChI is InChI=1S/C22H24ClN3O4.C13H16Cl2N2O2.C9H9NO2/c1-29-19-13-17(7-8-18(19)23)24-9-11-25(12-10-24)21(27)15-26-14-20(30-22(26)28)16-5-3-2-4-6-16;1-19-12-8-10(2-3-11(12)15)16-4-6-17(7-5-16)13(18)9-14;11-9-10-6-8(12-9)7-4-2-1-3-5-7/h2-8,13,20H,9-12,14-15H2,1H3;2-3,8H,4-7,9H2,1H3;1-5,8H,6H2,(H,10,11). The van der Waals surface area contributed by atoms with Gasteiger partial charge in [-0.1, -0.05) is 83.9 Å². The summed E-state index contributed by atoms with van der Waals surface area (Å²) in [5.74, 6) is 1.28. The molecular formula is C44H49Cl3N6O8. The number of methoxy groups -OCH3 is 2. The first-order valence-corrected chi connectivity index (χ1v) is 21.1. The summed E-state index contributed by atoms with van der Waals surface area (Å²) in [6.07, 6.45) is -1.21. The molecular weight excluding hydrogens is 847 g/mol. The maximum atomic E-state index is 12.8. The van der Waals surface area contributed by atoms with Gasteiger partial charge in [-0.05, 0) is 35.4 Å². The second-order valence-electron chi connectivity index (χ2n) is 14.4. The first-order valence-electron chi connectivity index (χ1n) is 19.8. The van der Waals surface area contributed by atoms with Crippen molar-refractivity contribution in [2.75, 3.05) is 102 Å². The van der Waals surface area contributed by atoms with Gasteiger partial charge in [-0.2, -0.15) is 0 Å². The SMILES string of the molecule is COc1cc(N2CCN(C(=O)CCl)CC2)ccc1Cl.COc1cc(N2CCN(C(=O)CN3CC(c4ccccc4)OC3=O)CC2)ccc1Cl.O=C1NCC(c2ccccc2)O1. The molecule has 4 aromatic carbocycles. The number of rotatable bonds is 9. The molecule has 61 heavy (non-hydrogen) atoms. The molecule has 4 amide bonds. The van der Waals surface area contributed by atoms with Crippen LogP contribution in [0.1, 0.15) is 23.3 Å². The number of hydrogen-bond acceptors (Lipinski definition) is 10. The zero-order valence-electron chi connectivity index (χ0n) is 34.0. The van der Waals surface area contributed by atoms with Gasteiger partial charge in [-0.25, -0.2) is 9.59 Å². The van der Waals surface area contributed by atoms with Gasteiger partial charge in [0, 0.05) is 75.9 Å². The van der Waals surface area contributed by atoms with Crippen molar-refractivity contribution in [3.63, 3.8) is 0 Å². The lowest BCUT2D eigenvalue weighted by atomic mass is 10.1. The van der Waals surface area contributed by atoms with Crippen LogP contribution in [-0.2, 0) is 19.1 Å². The second kappa shape index (κ2) is 21.8. The minimum Gasteiger partial charge on any atom is -0.495 e. The monoisotopic (exact) mass is 894 g/mol. The van der Waals surface area contributed by atoms with E-state index in [9.17, 15) is 19.2 Å². The van der Waals surface area contributed by atoms with Crippen molar-refractivity contribution >= 4 is 70.2 Å². The van der Waals surface area contributed by atoms with Crippen LogP contribution in [0, 0.1) is 0 Å². The van der Waals surface area contributed by atoms with Gasteiger partial charge in [-0.15, -0.1) is 11.6 Å². The molecule has 4 aromatic rings. The minimum atomic E-state index is -0.441. The van der Waals surface area contributed by atoms with E-state index in [4.69, 9.17) is 53.8 Å². The van der Waals surface area contributed by atoms with E-state index >= 15 is 0 Å². The fourth-order valence-corrected chi connectivity index (χ4v) is 7.75. The molecule has 4 fully saturated rings. The van der Waals surface area contributed by atoms with E-state index < -0.39 is 6.09 Å². The largest absolute Gasteiger partial charge is 0.495 e. The molecule has 4 saturated heterocycles. The normalized spacial score (nSPS) is 18.5. The molecule has 0 aromatic heterocycles. The van der Waals surface area contributed by atoms with Gasteiger partial charge in [0.25, 0.3) is 0 Å². The fourth-order valence-electron chi connectivity index (χ4n) is 7.19. The van der Waals surface area contributed by atoms with Gasteiger partial charge in [0.05, 0.1) is 37.4 Å². The predicted molar refractivity (Wildman–Crippen MR) is 235 cm³/mol. The summed E-state index contributed by atoms with van der Waals surface area (Å²) in [5, 5.41) is 3.78. The molecule has 2 atom stereocenters. The summed E-state index contributed by atoms with van der Waals surface area (Å²) in [6.45, 7) is 6.54. The number of carbonyl (C=O) groups is 4. The Labute approximate surface area is 370 Å². The number of alkyl carbamates (subject to hydrolysis) is 1. The molecule has 0 spiro atoms. The molecule has 0 saturated carbocycles. The number of ether oxygens (including phenoxy) is 4. The summed E-state index contributed by atoms with van der Waals surface area (Å²) in [6, 6.07) is 30.7. The highest BCUT2D eigenvalue weighted by atomic mass is 35.5. The molecule has 4 heterocycles. The van der Waals surface area contributed by atoms with Crippen molar-refractivity contribution in [1.82, 2.24) is 20.0 Å². The Morgan fingerprint density at radius 1 is 0.656 bits per heavy atom. The van der Waals surface area contributed by atoms with Crippen LogP contribution in [-0.4, -0.2) is 131 Å². The molecule has 0 bridgehead atoms. The highest BCUT2D eigenvalue weighted by Gasteiger charge is 2.35. The lowest BCUT2D eigenvalue weighted by Gasteiger charge is -2.36. The number of nitrogens with one attached hydrogen (secondary N) is 1. The number of piperazine rings is 2. The van der Waals surface area contributed by atoms with Crippen LogP contribution in [0.15, 0.2) is 97.1 Å². The van der Waals surface area contributed by atoms with Crippen LogP contribution in [0.25, 0.3) is 0 Å². The second-order valence-corrected chi connectivity index (χ2v) is 15.4. The molecule has 2 unspecified atom stereocenters. The van der Waals surface area contributed by atoms with Crippen LogP contribution in [0.3, 0.4) is 0 Å². The Bertz CT molecular complexity index is 2100. The van der Waals surface area contributed by atoms with Gasteiger partial charge in [0.1, 0.15) is 36.1 Å². The molecule has 14 nitrogen and oxygen atoms in total. The van der Waals surface area contributed by atoms with E-state index in [0.717, 1.165) is 35.6 Å². The molecule has 1 N–H and O–H groups in total. The van der Waals surface area contributed by atoms with Gasteiger partial charge < -0.3 is 43.9 Å². The summed E-state index contributed by atoms with van der Waals surface area (Å²) in [4.78, 5) is 56.6. The van der Waals surface area contributed by atoms with Crippen LogP contribution >= 0.6 is 34.8 Å². The number of halogens is 3.